The number of imide groups is 1. The number of aromatic nitrogens is 2. The van der Waals surface area contributed by atoms with Gasteiger partial charge in [-0.3, -0.25) is 19.5 Å². The van der Waals surface area contributed by atoms with Gasteiger partial charge in [0, 0.05) is 49.1 Å². The fourth-order valence-corrected chi connectivity index (χ4v) is 5.69. The van der Waals surface area contributed by atoms with Gasteiger partial charge in [0.1, 0.15) is 5.76 Å². The highest BCUT2D eigenvalue weighted by atomic mass is 32.1. The van der Waals surface area contributed by atoms with Crippen LogP contribution in [-0.2, 0) is 23.2 Å². The molecule has 5 heterocycles. The molecule has 1 unspecified atom stereocenters. The van der Waals surface area contributed by atoms with Crippen LogP contribution < -0.4 is 5.32 Å². The van der Waals surface area contributed by atoms with Crippen molar-refractivity contribution in [2.24, 2.45) is 5.92 Å². The molecular weight excluding hydrogens is 466 g/mol. The van der Waals surface area contributed by atoms with Crippen LogP contribution >= 0.6 is 11.3 Å². The number of likely N-dealkylation sites (tertiary alicyclic amines) is 1. The minimum atomic E-state index is -1.24. The van der Waals surface area contributed by atoms with Crippen LogP contribution in [0.25, 0.3) is 0 Å². The molecule has 0 aromatic carbocycles. The van der Waals surface area contributed by atoms with E-state index in [-0.39, 0.29) is 17.7 Å². The fraction of sp³-hybridized carbons (Fsp3) is 0.400. The summed E-state index contributed by atoms with van der Waals surface area (Å²) in [6.07, 6.45) is 4.01. The molecule has 2 aliphatic heterocycles. The van der Waals surface area contributed by atoms with Crippen LogP contribution in [0, 0.1) is 5.92 Å². The molecule has 3 aromatic heterocycles. The Morgan fingerprint density at radius 2 is 2.06 bits per heavy atom. The number of piperidine rings is 1. The molecule has 0 aliphatic carbocycles. The third-order valence-corrected chi connectivity index (χ3v) is 7.82. The lowest BCUT2D eigenvalue weighted by molar-refractivity contribution is -0.134. The Balaban J connectivity index is 1.36. The number of nitrogens with one attached hydrogen (secondary N) is 1. The number of nitrogens with zero attached hydrogens (tertiary/aromatic N) is 4. The van der Waals surface area contributed by atoms with E-state index < -0.39 is 11.6 Å². The van der Waals surface area contributed by atoms with Gasteiger partial charge in [0.15, 0.2) is 11.2 Å². The molecule has 3 aromatic rings. The van der Waals surface area contributed by atoms with E-state index in [1.54, 1.807) is 40.6 Å². The number of thiophene rings is 1. The predicted molar refractivity (Wildman–Crippen MR) is 129 cm³/mol. The van der Waals surface area contributed by atoms with Gasteiger partial charge in [-0.1, -0.05) is 24.2 Å². The topological polar surface area (TPSA) is 109 Å². The number of carbonyl (C=O) groups excluding carboxylic acids is 3. The Hall–Kier alpha value is -3.53. The summed E-state index contributed by atoms with van der Waals surface area (Å²) < 4.78 is 5.19. The number of aryl methyl sites for hydroxylation is 1. The molecule has 5 rings (SSSR count). The van der Waals surface area contributed by atoms with Crippen molar-refractivity contribution in [1.29, 1.82) is 0 Å². The number of hydrogen-bond donors (Lipinski definition) is 1. The van der Waals surface area contributed by atoms with Gasteiger partial charge in [-0.2, -0.15) is 0 Å². The summed E-state index contributed by atoms with van der Waals surface area (Å²) in [7, 11) is 0. The molecule has 1 atom stereocenters. The van der Waals surface area contributed by atoms with Crippen LogP contribution in [0.4, 0.5) is 4.79 Å². The molecule has 0 saturated carbocycles. The molecule has 182 valence electrons. The van der Waals surface area contributed by atoms with E-state index in [9.17, 15) is 14.4 Å². The normalized spacial score (nSPS) is 20.9. The number of rotatable bonds is 7. The number of hydrogen-bond acceptors (Lipinski definition) is 7. The standard InChI is InChI=1S/C25H27N5O4S/c1-2-18-16-20(28-34-18)22(31)29-12-8-17(9-13-29)25(21-7-3-4-11-26-21)23(32)30(24(33)27-25)14-10-19-6-5-15-35-19/h3-7,11,15-17H,2,8-10,12-14H2,1H3,(H,27,33). The quantitative estimate of drug-likeness (QED) is 0.506. The third-order valence-electron chi connectivity index (χ3n) is 6.88. The predicted octanol–water partition coefficient (Wildman–Crippen LogP) is 3.24. The van der Waals surface area contributed by atoms with Gasteiger partial charge in [-0.15, -0.1) is 11.3 Å². The zero-order valence-corrected chi connectivity index (χ0v) is 20.3. The Morgan fingerprint density at radius 3 is 2.71 bits per heavy atom. The van der Waals surface area contributed by atoms with E-state index >= 15 is 0 Å². The first-order chi connectivity index (χ1) is 17.0. The number of carbonyl (C=O) groups is 3. The summed E-state index contributed by atoms with van der Waals surface area (Å²) in [5.41, 5.74) is -0.415. The lowest BCUT2D eigenvalue weighted by Gasteiger charge is -2.40. The third kappa shape index (κ3) is 4.22. The van der Waals surface area contributed by atoms with Gasteiger partial charge in [-0.05, 0) is 42.8 Å². The first kappa shape index (κ1) is 23.2. The van der Waals surface area contributed by atoms with E-state index in [0.29, 0.717) is 62.5 Å². The van der Waals surface area contributed by atoms with E-state index in [4.69, 9.17) is 4.52 Å². The Bertz CT molecular complexity index is 1200. The number of amides is 4. The molecule has 2 saturated heterocycles. The number of pyridine rings is 1. The molecular formula is C25H27N5O4S. The molecule has 9 nitrogen and oxygen atoms in total. The molecule has 0 radical (unpaired) electrons. The first-order valence-electron chi connectivity index (χ1n) is 11.9. The zero-order valence-electron chi connectivity index (χ0n) is 19.5. The van der Waals surface area contributed by atoms with Crippen LogP contribution in [0.3, 0.4) is 0 Å². The van der Waals surface area contributed by atoms with Gasteiger partial charge < -0.3 is 14.7 Å². The summed E-state index contributed by atoms with van der Waals surface area (Å²) in [6, 6.07) is 10.6. The van der Waals surface area contributed by atoms with Crippen molar-refractivity contribution in [2.45, 2.75) is 38.1 Å². The lowest BCUT2D eigenvalue weighted by Crippen LogP contribution is -2.54. The van der Waals surface area contributed by atoms with Crippen LogP contribution in [0.15, 0.2) is 52.5 Å². The maximum atomic E-state index is 13.9. The maximum absolute atomic E-state index is 13.9. The molecule has 35 heavy (non-hydrogen) atoms. The SMILES string of the molecule is CCc1cc(C(=O)N2CCC(C3(c4ccccn4)NC(=O)N(CCc4cccs4)C3=O)CC2)no1. The van der Waals surface area contributed by atoms with Crippen molar-refractivity contribution in [2.75, 3.05) is 19.6 Å². The molecule has 10 heteroatoms. The average molecular weight is 494 g/mol. The zero-order chi connectivity index (χ0) is 24.4. The lowest BCUT2D eigenvalue weighted by atomic mass is 9.75. The minimum Gasteiger partial charge on any atom is -0.361 e. The summed E-state index contributed by atoms with van der Waals surface area (Å²) in [6.45, 7) is 3.15. The molecule has 0 spiro atoms. The fourth-order valence-electron chi connectivity index (χ4n) is 4.99. The first-order valence-corrected chi connectivity index (χ1v) is 12.7. The minimum absolute atomic E-state index is 0.182. The largest absolute Gasteiger partial charge is 0.361 e. The highest BCUT2D eigenvalue weighted by Gasteiger charge is 2.58. The van der Waals surface area contributed by atoms with Gasteiger partial charge in [0.05, 0.1) is 5.69 Å². The van der Waals surface area contributed by atoms with E-state index in [1.165, 1.54) is 4.90 Å². The monoisotopic (exact) mass is 493 g/mol. The van der Waals surface area contributed by atoms with Crippen molar-refractivity contribution in [3.63, 3.8) is 0 Å². The van der Waals surface area contributed by atoms with E-state index in [1.807, 2.05) is 30.5 Å². The van der Waals surface area contributed by atoms with E-state index in [0.717, 1.165) is 4.88 Å². The van der Waals surface area contributed by atoms with E-state index in [2.05, 4.69) is 15.5 Å². The maximum Gasteiger partial charge on any atom is 0.325 e. The van der Waals surface area contributed by atoms with Crippen molar-refractivity contribution in [1.82, 2.24) is 25.3 Å². The number of urea groups is 1. The van der Waals surface area contributed by atoms with Gasteiger partial charge in [0.2, 0.25) is 0 Å². The summed E-state index contributed by atoms with van der Waals surface area (Å²) in [5.74, 6) is 0.0113. The Labute approximate surface area is 207 Å². The molecule has 1 N–H and O–H groups in total. The van der Waals surface area contributed by atoms with Crippen molar-refractivity contribution < 1.29 is 18.9 Å². The van der Waals surface area contributed by atoms with Crippen molar-refractivity contribution in [3.05, 3.63) is 70.0 Å². The molecule has 2 aliphatic rings. The summed E-state index contributed by atoms with van der Waals surface area (Å²) in [5, 5.41) is 8.90. The van der Waals surface area contributed by atoms with Crippen molar-refractivity contribution in [3.8, 4) is 0 Å². The molecule has 4 amide bonds. The van der Waals surface area contributed by atoms with Crippen LogP contribution in [0.2, 0.25) is 0 Å². The van der Waals surface area contributed by atoms with Crippen LogP contribution in [0.5, 0.6) is 0 Å². The Morgan fingerprint density at radius 1 is 1.23 bits per heavy atom. The Kier molecular flexibility index (Phi) is 6.38. The molecule has 2 fully saturated rings. The van der Waals surface area contributed by atoms with Crippen LogP contribution in [-0.4, -0.2) is 57.4 Å². The van der Waals surface area contributed by atoms with Gasteiger partial charge in [-0.25, -0.2) is 4.79 Å². The summed E-state index contributed by atoms with van der Waals surface area (Å²) >= 11 is 1.61. The second kappa shape index (κ2) is 9.61. The smallest absolute Gasteiger partial charge is 0.325 e. The van der Waals surface area contributed by atoms with Crippen molar-refractivity contribution >= 4 is 29.2 Å². The van der Waals surface area contributed by atoms with Gasteiger partial charge >= 0.3 is 6.03 Å². The summed E-state index contributed by atoms with van der Waals surface area (Å²) in [4.78, 5) is 48.5. The highest BCUT2D eigenvalue weighted by Crippen LogP contribution is 2.41. The highest BCUT2D eigenvalue weighted by molar-refractivity contribution is 7.09. The molecule has 0 bridgehead atoms. The van der Waals surface area contributed by atoms with Gasteiger partial charge in [0.25, 0.3) is 11.8 Å². The second-order valence-electron chi connectivity index (χ2n) is 8.84. The van der Waals surface area contributed by atoms with Crippen LogP contribution in [0.1, 0.15) is 46.6 Å². The average Bonchev–Trinajstić information content (AvgIpc) is 3.64. The second-order valence-corrected chi connectivity index (χ2v) is 9.87.